The summed E-state index contributed by atoms with van der Waals surface area (Å²) < 4.78 is 0. The van der Waals surface area contributed by atoms with Crippen LogP contribution in [0.5, 0.6) is 0 Å². The van der Waals surface area contributed by atoms with Gasteiger partial charge in [0.05, 0.1) is 5.56 Å². The number of benzene rings is 1. The molecule has 0 aliphatic heterocycles. The first-order chi connectivity index (χ1) is 12.1. The van der Waals surface area contributed by atoms with Crippen LogP contribution in [-0.4, -0.2) is 22.6 Å². The summed E-state index contributed by atoms with van der Waals surface area (Å²) in [5, 5.41) is 13.4. The SMILES string of the molecule is O=C(NCc1ccc(Cl)cc1)c1cnc2sc(CCCO)cc2c1S. The van der Waals surface area contributed by atoms with Gasteiger partial charge < -0.3 is 10.4 Å². The Bertz CT molecular complexity index is 894. The fourth-order valence-electron chi connectivity index (χ4n) is 2.45. The molecule has 3 aromatic rings. The summed E-state index contributed by atoms with van der Waals surface area (Å²) in [6.45, 7) is 0.570. The Hall–Kier alpha value is -1.60. The first-order valence-electron chi connectivity index (χ1n) is 7.82. The summed E-state index contributed by atoms with van der Waals surface area (Å²) in [6, 6.07) is 9.33. The molecule has 2 N–H and O–H groups in total. The van der Waals surface area contributed by atoms with Crippen LogP contribution in [0, 0.1) is 0 Å². The van der Waals surface area contributed by atoms with Crippen molar-refractivity contribution in [1.29, 1.82) is 0 Å². The number of halogens is 1. The number of hydrogen-bond donors (Lipinski definition) is 3. The maximum Gasteiger partial charge on any atom is 0.254 e. The van der Waals surface area contributed by atoms with Crippen molar-refractivity contribution in [1.82, 2.24) is 10.3 Å². The summed E-state index contributed by atoms with van der Waals surface area (Å²) in [5.41, 5.74) is 1.42. The standard InChI is InChI=1S/C18H17ClN2O2S2/c19-12-5-3-11(4-6-12)9-20-17(23)15-10-21-18-14(16(15)24)8-13(25-18)2-1-7-22/h3-6,8,10,22H,1-2,7,9H2,(H,20,23)(H,21,24). The molecule has 0 bridgehead atoms. The van der Waals surface area contributed by atoms with Crippen LogP contribution in [0.15, 0.2) is 41.4 Å². The maximum atomic E-state index is 12.5. The van der Waals surface area contributed by atoms with E-state index in [1.165, 1.54) is 0 Å². The monoisotopic (exact) mass is 392 g/mol. The number of aromatic nitrogens is 1. The van der Waals surface area contributed by atoms with Crippen LogP contribution in [0.2, 0.25) is 5.02 Å². The van der Waals surface area contributed by atoms with Crippen LogP contribution in [0.4, 0.5) is 0 Å². The number of rotatable bonds is 6. The maximum absolute atomic E-state index is 12.5. The molecule has 0 unspecified atom stereocenters. The third kappa shape index (κ3) is 4.33. The van der Waals surface area contributed by atoms with Gasteiger partial charge in [-0.1, -0.05) is 23.7 Å². The molecule has 4 nitrogen and oxygen atoms in total. The summed E-state index contributed by atoms with van der Waals surface area (Å²) in [7, 11) is 0. The van der Waals surface area contributed by atoms with Crippen LogP contribution in [0.25, 0.3) is 10.2 Å². The molecule has 0 aliphatic rings. The van der Waals surface area contributed by atoms with Gasteiger partial charge in [0.25, 0.3) is 5.91 Å². The fourth-order valence-corrected chi connectivity index (χ4v) is 4.03. The van der Waals surface area contributed by atoms with Crippen LogP contribution < -0.4 is 5.32 Å². The first-order valence-corrected chi connectivity index (χ1v) is 9.46. The van der Waals surface area contributed by atoms with E-state index < -0.39 is 0 Å². The third-order valence-electron chi connectivity index (χ3n) is 3.78. The van der Waals surface area contributed by atoms with Crippen LogP contribution in [0.1, 0.15) is 27.2 Å². The third-order valence-corrected chi connectivity index (χ3v) is 5.61. The van der Waals surface area contributed by atoms with E-state index in [9.17, 15) is 4.79 Å². The summed E-state index contributed by atoms with van der Waals surface area (Å²) in [4.78, 5) is 19.5. The van der Waals surface area contributed by atoms with Crippen LogP contribution >= 0.6 is 35.6 Å². The van der Waals surface area contributed by atoms with Crippen molar-refractivity contribution >= 4 is 51.7 Å². The van der Waals surface area contributed by atoms with E-state index >= 15 is 0 Å². The molecule has 0 saturated carbocycles. The Morgan fingerprint density at radius 1 is 1.32 bits per heavy atom. The number of nitrogens with zero attached hydrogens (tertiary/aromatic N) is 1. The molecule has 0 radical (unpaired) electrons. The lowest BCUT2D eigenvalue weighted by Gasteiger charge is -2.08. The highest BCUT2D eigenvalue weighted by atomic mass is 35.5. The summed E-state index contributed by atoms with van der Waals surface area (Å²) >= 11 is 12.0. The van der Waals surface area contributed by atoms with Crippen molar-refractivity contribution in [2.45, 2.75) is 24.3 Å². The topological polar surface area (TPSA) is 62.2 Å². The molecular weight excluding hydrogens is 376 g/mol. The summed E-state index contributed by atoms with van der Waals surface area (Å²) in [6.07, 6.45) is 3.07. The zero-order chi connectivity index (χ0) is 17.8. The van der Waals surface area contributed by atoms with Crippen molar-refractivity contribution in [3.05, 3.63) is 57.6 Å². The highest BCUT2D eigenvalue weighted by Gasteiger charge is 2.15. The second-order valence-corrected chi connectivity index (χ2v) is 7.59. The minimum atomic E-state index is -0.211. The first kappa shape index (κ1) is 18.2. The van der Waals surface area contributed by atoms with Crippen molar-refractivity contribution in [3.63, 3.8) is 0 Å². The number of carbonyl (C=O) groups is 1. The molecule has 0 fully saturated rings. The van der Waals surface area contributed by atoms with E-state index in [0.29, 0.717) is 28.4 Å². The lowest BCUT2D eigenvalue weighted by molar-refractivity contribution is 0.0948. The Kier molecular flexibility index (Phi) is 5.96. The number of thiophene rings is 1. The van der Waals surface area contributed by atoms with E-state index in [0.717, 1.165) is 27.1 Å². The molecule has 2 heterocycles. The van der Waals surface area contributed by atoms with Gasteiger partial charge in [-0.05, 0) is 36.6 Å². The van der Waals surface area contributed by atoms with Gasteiger partial charge in [0.15, 0.2) is 0 Å². The molecule has 2 aromatic heterocycles. The predicted octanol–water partition coefficient (Wildman–Crippen LogP) is 4.09. The Balaban J connectivity index is 1.76. The van der Waals surface area contributed by atoms with Gasteiger partial charge in [-0.25, -0.2) is 4.98 Å². The van der Waals surface area contributed by atoms with Crippen molar-refractivity contribution < 1.29 is 9.90 Å². The van der Waals surface area contributed by atoms with Crippen molar-refractivity contribution in [2.24, 2.45) is 0 Å². The molecule has 0 aliphatic carbocycles. The van der Waals surface area contributed by atoms with Gasteiger partial charge in [-0.15, -0.1) is 24.0 Å². The number of fused-ring (bicyclic) bond motifs is 1. The van der Waals surface area contributed by atoms with E-state index in [1.807, 2.05) is 18.2 Å². The Labute approximate surface area is 160 Å². The van der Waals surface area contributed by atoms with Gasteiger partial charge in [-0.3, -0.25) is 4.79 Å². The molecule has 130 valence electrons. The number of carbonyl (C=O) groups excluding carboxylic acids is 1. The predicted molar refractivity (Wildman–Crippen MR) is 105 cm³/mol. The quantitative estimate of drug-likeness (QED) is 0.553. The highest BCUT2D eigenvalue weighted by Crippen LogP contribution is 2.31. The molecule has 0 spiro atoms. The number of aliphatic hydroxyl groups excluding tert-OH is 1. The van der Waals surface area contributed by atoms with Crippen molar-refractivity contribution in [3.8, 4) is 0 Å². The Morgan fingerprint density at radius 3 is 2.80 bits per heavy atom. The second kappa shape index (κ2) is 8.19. The van der Waals surface area contributed by atoms with E-state index in [1.54, 1.807) is 29.7 Å². The number of hydrogen-bond acceptors (Lipinski definition) is 5. The molecule has 0 saturated heterocycles. The van der Waals surface area contributed by atoms with Gasteiger partial charge in [0.2, 0.25) is 0 Å². The zero-order valence-corrected chi connectivity index (χ0v) is 15.8. The summed E-state index contributed by atoms with van der Waals surface area (Å²) in [5.74, 6) is -0.211. The van der Waals surface area contributed by atoms with Crippen LogP contribution in [-0.2, 0) is 13.0 Å². The average Bonchev–Trinajstić information content (AvgIpc) is 3.03. The number of amides is 1. The number of nitrogens with one attached hydrogen (secondary N) is 1. The number of aliphatic hydroxyl groups is 1. The highest BCUT2D eigenvalue weighted by molar-refractivity contribution is 7.80. The molecule has 0 atom stereocenters. The van der Waals surface area contributed by atoms with Gasteiger partial charge in [-0.2, -0.15) is 0 Å². The molecule has 25 heavy (non-hydrogen) atoms. The van der Waals surface area contributed by atoms with E-state index in [-0.39, 0.29) is 12.5 Å². The number of thiol groups is 1. The molecule has 1 aromatic carbocycles. The lowest BCUT2D eigenvalue weighted by Crippen LogP contribution is -2.23. The largest absolute Gasteiger partial charge is 0.396 e. The lowest BCUT2D eigenvalue weighted by atomic mass is 10.2. The minimum Gasteiger partial charge on any atom is -0.396 e. The van der Waals surface area contributed by atoms with Gasteiger partial charge in [0.1, 0.15) is 4.83 Å². The molecular formula is C18H17ClN2O2S2. The van der Waals surface area contributed by atoms with Gasteiger partial charge >= 0.3 is 0 Å². The van der Waals surface area contributed by atoms with Gasteiger partial charge in [0, 0.05) is 39.5 Å². The van der Waals surface area contributed by atoms with E-state index in [4.69, 9.17) is 16.7 Å². The number of pyridine rings is 1. The van der Waals surface area contributed by atoms with Crippen LogP contribution in [0.3, 0.4) is 0 Å². The molecule has 7 heteroatoms. The second-order valence-electron chi connectivity index (χ2n) is 5.59. The van der Waals surface area contributed by atoms with Crippen molar-refractivity contribution in [2.75, 3.05) is 6.61 Å². The fraction of sp³-hybridized carbons (Fsp3) is 0.222. The van der Waals surface area contributed by atoms with E-state index in [2.05, 4.69) is 22.9 Å². The molecule has 1 amide bonds. The molecule has 3 rings (SSSR count). The average molecular weight is 393 g/mol. The minimum absolute atomic E-state index is 0.160. The zero-order valence-electron chi connectivity index (χ0n) is 13.3. The smallest absolute Gasteiger partial charge is 0.254 e. The number of aryl methyl sites for hydroxylation is 1. The normalized spacial score (nSPS) is 11.0. The Morgan fingerprint density at radius 2 is 2.08 bits per heavy atom.